The second kappa shape index (κ2) is 7.25. The summed E-state index contributed by atoms with van der Waals surface area (Å²) in [7, 11) is 0. The summed E-state index contributed by atoms with van der Waals surface area (Å²) >= 11 is 0. The van der Waals surface area contributed by atoms with Gasteiger partial charge in [0.15, 0.2) is 11.5 Å². The van der Waals surface area contributed by atoms with Crippen molar-refractivity contribution < 1.29 is 32.5 Å². The van der Waals surface area contributed by atoms with Crippen LogP contribution in [-0.4, -0.2) is 30.3 Å². The number of aliphatic hydroxyl groups is 1. The maximum Gasteiger partial charge on any atom is 0.416 e. The van der Waals surface area contributed by atoms with Crippen molar-refractivity contribution in [1.29, 1.82) is 0 Å². The molecule has 0 radical (unpaired) electrons. The van der Waals surface area contributed by atoms with E-state index in [4.69, 9.17) is 9.47 Å². The fraction of sp³-hybridized carbons (Fsp3) is 0.278. The fourth-order valence-electron chi connectivity index (χ4n) is 2.47. The molecule has 1 heterocycles. The topological polar surface area (TPSA) is 67.8 Å². The van der Waals surface area contributed by atoms with E-state index in [0.717, 1.165) is 12.1 Å². The highest BCUT2D eigenvalue weighted by Crippen LogP contribution is 2.31. The van der Waals surface area contributed by atoms with Gasteiger partial charge < -0.3 is 19.9 Å². The molecule has 2 unspecified atom stereocenters. The Morgan fingerprint density at radius 2 is 1.81 bits per heavy atom. The van der Waals surface area contributed by atoms with Crippen molar-refractivity contribution in [2.24, 2.45) is 0 Å². The number of amides is 1. The van der Waals surface area contributed by atoms with Gasteiger partial charge in [0.25, 0.3) is 5.91 Å². The Balaban J connectivity index is 1.54. The fourth-order valence-corrected chi connectivity index (χ4v) is 2.47. The molecule has 0 aromatic heterocycles. The summed E-state index contributed by atoms with van der Waals surface area (Å²) in [6, 6.07) is 11.0. The van der Waals surface area contributed by atoms with E-state index in [0.29, 0.717) is 11.5 Å². The average molecular weight is 367 g/mol. The zero-order chi connectivity index (χ0) is 18.7. The van der Waals surface area contributed by atoms with Crippen molar-refractivity contribution in [1.82, 2.24) is 5.32 Å². The first kappa shape index (κ1) is 18.1. The minimum Gasteiger partial charge on any atom is -0.485 e. The molecule has 2 N–H and O–H groups in total. The van der Waals surface area contributed by atoms with E-state index in [1.165, 1.54) is 12.1 Å². The summed E-state index contributed by atoms with van der Waals surface area (Å²) in [5.74, 6) is 0.508. The number of nitrogens with one attached hydrogen (secondary N) is 1. The molecule has 2 atom stereocenters. The molecule has 3 rings (SSSR count). The van der Waals surface area contributed by atoms with Crippen molar-refractivity contribution in [3.05, 3.63) is 59.7 Å². The Morgan fingerprint density at radius 1 is 1.15 bits per heavy atom. The molecule has 5 nitrogen and oxygen atoms in total. The summed E-state index contributed by atoms with van der Waals surface area (Å²) in [4.78, 5) is 12.2. The van der Waals surface area contributed by atoms with Crippen LogP contribution in [-0.2, 0) is 11.0 Å². The van der Waals surface area contributed by atoms with Crippen LogP contribution in [0.15, 0.2) is 48.5 Å². The van der Waals surface area contributed by atoms with E-state index in [2.05, 4.69) is 5.32 Å². The van der Waals surface area contributed by atoms with Gasteiger partial charge in [0, 0.05) is 6.54 Å². The molecule has 0 fully saturated rings. The number of rotatable bonds is 4. The Kier molecular flexibility index (Phi) is 5.03. The summed E-state index contributed by atoms with van der Waals surface area (Å²) in [6.07, 6.45) is -6.45. The number of ether oxygens (including phenoxy) is 2. The highest BCUT2D eigenvalue weighted by molar-refractivity contribution is 5.81. The molecule has 0 saturated heterocycles. The predicted octanol–water partition coefficient (Wildman–Crippen LogP) is 2.70. The van der Waals surface area contributed by atoms with Gasteiger partial charge in [-0.05, 0) is 29.8 Å². The number of hydrogen-bond donors (Lipinski definition) is 2. The van der Waals surface area contributed by atoms with Crippen LogP contribution < -0.4 is 14.8 Å². The standard InChI is InChI=1S/C18H16F3NO4/c19-18(20,21)12-7-5-11(6-8-12)13(23)9-22-17(24)16-10-25-14-3-1-2-4-15(14)26-16/h1-8,13,16,23H,9-10H2,(H,22,24). The number of hydrogen-bond acceptors (Lipinski definition) is 4. The second-order valence-corrected chi connectivity index (χ2v) is 5.74. The van der Waals surface area contributed by atoms with E-state index in [-0.39, 0.29) is 18.7 Å². The lowest BCUT2D eigenvalue weighted by atomic mass is 10.1. The van der Waals surface area contributed by atoms with E-state index < -0.39 is 29.9 Å². The van der Waals surface area contributed by atoms with Gasteiger partial charge in [0.2, 0.25) is 6.10 Å². The Hall–Kier alpha value is -2.74. The summed E-state index contributed by atoms with van der Waals surface area (Å²) in [5, 5.41) is 12.6. The quantitative estimate of drug-likeness (QED) is 0.872. The van der Waals surface area contributed by atoms with Gasteiger partial charge in [0.1, 0.15) is 6.61 Å². The van der Waals surface area contributed by atoms with Crippen LogP contribution >= 0.6 is 0 Å². The van der Waals surface area contributed by atoms with Crippen LogP contribution in [0.2, 0.25) is 0 Å². The van der Waals surface area contributed by atoms with Gasteiger partial charge in [0.05, 0.1) is 11.7 Å². The molecule has 1 aliphatic rings. The van der Waals surface area contributed by atoms with Crippen molar-refractivity contribution in [3.63, 3.8) is 0 Å². The van der Waals surface area contributed by atoms with Crippen molar-refractivity contribution in [2.75, 3.05) is 13.2 Å². The predicted molar refractivity (Wildman–Crippen MR) is 85.8 cm³/mol. The van der Waals surface area contributed by atoms with Crippen LogP contribution in [0.4, 0.5) is 13.2 Å². The van der Waals surface area contributed by atoms with Gasteiger partial charge in [-0.3, -0.25) is 4.79 Å². The van der Waals surface area contributed by atoms with Crippen LogP contribution in [0.25, 0.3) is 0 Å². The van der Waals surface area contributed by atoms with E-state index >= 15 is 0 Å². The van der Waals surface area contributed by atoms with E-state index in [1.54, 1.807) is 24.3 Å². The number of alkyl halides is 3. The first-order chi connectivity index (χ1) is 12.3. The Bertz CT molecular complexity index is 777. The summed E-state index contributed by atoms with van der Waals surface area (Å²) in [5.41, 5.74) is -0.534. The first-order valence-electron chi connectivity index (χ1n) is 7.86. The third kappa shape index (κ3) is 4.08. The van der Waals surface area contributed by atoms with E-state index in [1.807, 2.05) is 0 Å². The summed E-state index contributed by atoms with van der Waals surface area (Å²) in [6.45, 7) is -0.134. The maximum atomic E-state index is 12.5. The second-order valence-electron chi connectivity index (χ2n) is 5.74. The molecule has 2 aromatic carbocycles. The molecular weight excluding hydrogens is 351 g/mol. The third-order valence-electron chi connectivity index (χ3n) is 3.89. The minimum absolute atomic E-state index is 0.0270. The normalized spacial score (nSPS) is 17.5. The number of carbonyl (C=O) groups is 1. The first-order valence-corrected chi connectivity index (χ1v) is 7.86. The molecule has 1 aliphatic heterocycles. The number of halogens is 3. The van der Waals surface area contributed by atoms with Crippen molar-refractivity contribution >= 4 is 5.91 Å². The molecular formula is C18H16F3NO4. The van der Waals surface area contributed by atoms with Crippen molar-refractivity contribution in [2.45, 2.75) is 18.4 Å². The number of benzene rings is 2. The molecule has 0 aliphatic carbocycles. The highest BCUT2D eigenvalue weighted by atomic mass is 19.4. The molecule has 0 spiro atoms. The van der Waals surface area contributed by atoms with Gasteiger partial charge in [-0.1, -0.05) is 24.3 Å². The lowest BCUT2D eigenvalue weighted by Gasteiger charge is -2.26. The average Bonchev–Trinajstić information content (AvgIpc) is 2.64. The number of carbonyl (C=O) groups excluding carboxylic acids is 1. The van der Waals surface area contributed by atoms with Gasteiger partial charge in [-0.15, -0.1) is 0 Å². The molecule has 2 aromatic rings. The van der Waals surface area contributed by atoms with Crippen LogP contribution in [0.1, 0.15) is 17.2 Å². The number of fused-ring (bicyclic) bond motifs is 1. The number of para-hydroxylation sites is 2. The third-order valence-corrected chi connectivity index (χ3v) is 3.89. The van der Waals surface area contributed by atoms with Crippen LogP contribution in [0.3, 0.4) is 0 Å². The van der Waals surface area contributed by atoms with Gasteiger partial charge >= 0.3 is 6.18 Å². The van der Waals surface area contributed by atoms with Crippen LogP contribution in [0.5, 0.6) is 11.5 Å². The molecule has 26 heavy (non-hydrogen) atoms. The van der Waals surface area contributed by atoms with E-state index in [9.17, 15) is 23.1 Å². The van der Waals surface area contributed by atoms with Crippen molar-refractivity contribution in [3.8, 4) is 11.5 Å². The van der Waals surface area contributed by atoms with Crippen LogP contribution in [0, 0.1) is 0 Å². The minimum atomic E-state index is -4.44. The Labute approximate surface area is 147 Å². The monoisotopic (exact) mass is 367 g/mol. The Morgan fingerprint density at radius 3 is 2.46 bits per heavy atom. The molecule has 8 heteroatoms. The smallest absolute Gasteiger partial charge is 0.416 e. The highest BCUT2D eigenvalue weighted by Gasteiger charge is 2.30. The number of aliphatic hydroxyl groups excluding tert-OH is 1. The molecule has 138 valence electrons. The zero-order valence-electron chi connectivity index (χ0n) is 13.5. The SMILES string of the molecule is O=C(NCC(O)c1ccc(C(F)(F)F)cc1)C1COc2ccccc2O1. The van der Waals surface area contributed by atoms with Gasteiger partial charge in [-0.25, -0.2) is 0 Å². The lowest BCUT2D eigenvalue weighted by molar-refractivity contribution is -0.137. The summed E-state index contributed by atoms with van der Waals surface area (Å²) < 4.78 is 48.6. The zero-order valence-corrected chi connectivity index (χ0v) is 13.5. The lowest BCUT2D eigenvalue weighted by Crippen LogP contribution is -2.45. The largest absolute Gasteiger partial charge is 0.485 e. The molecule has 1 amide bonds. The van der Waals surface area contributed by atoms with Gasteiger partial charge in [-0.2, -0.15) is 13.2 Å². The molecule has 0 bridgehead atoms. The molecule has 0 saturated carbocycles. The maximum absolute atomic E-state index is 12.5.